The molecule has 138 valence electrons. The summed E-state index contributed by atoms with van der Waals surface area (Å²) >= 11 is 5.71. The molecule has 0 aliphatic rings. The van der Waals surface area contributed by atoms with Gasteiger partial charge in [0.15, 0.2) is 0 Å². The lowest BCUT2D eigenvalue weighted by molar-refractivity contribution is 0.302. The van der Waals surface area contributed by atoms with Crippen LogP contribution < -0.4 is 9.47 Å². The number of alkyl halides is 1. The van der Waals surface area contributed by atoms with Gasteiger partial charge in [-0.25, -0.2) is 0 Å². The van der Waals surface area contributed by atoms with Gasteiger partial charge in [-0.15, -0.1) is 11.6 Å². The summed E-state index contributed by atoms with van der Waals surface area (Å²) in [4.78, 5) is 0. The molecule has 0 bridgehead atoms. The van der Waals surface area contributed by atoms with Crippen molar-refractivity contribution in [3.63, 3.8) is 0 Å². The Hall–Kier alpha value is -1.41. The fourth-order valence-electron chi connectivity index (χ4n) is 2.94. The minimum atomic E-state index is 0.753. The Morgan fingerprint density at radius 3 is 1.72 bits per heavy atom. The Kier molecular flexibility index (Phi) is 9.58. The molecule has 0 fully saturated rings. The van der Waals surface area contributed by atoms with Crippen molar-refractivity contribution in [1.29, 1.82) is 0 Å². The van der Waals surface area contributed by atoms with Crippen molar-refractivity contribution in [3.05, 3.63) is 36.4 Å². The summed E-state index contributed by atoms with van der Waals surface area (Å²) in [6, 6.07) is 12.4. The van der Waals surface area contributed by atoms with Crippen LogP contribution in [0, 0.1) is 0 Å². The maximum atomic E-state index is 6.02. The number of fused-ring (bicyclic) bond motifs is 1. The molecule has 0 saturated heterocycles. The van der Waals surface area contributed by atoms with Crippen LogP contribution in [0.5, 0.6) is 11.5 Å². The van der Waals surface area contributed by atoms with Crippen molar-refractivity contribution in [2.24, 2.45) is 0 Å². The quantitative estimate of drug-likeness (QED) is 0.282. The standard InChI is InChI=1S/C22H31ClO2/c1-2-3-4-10-17-24-21-14-15-22(20-13-8-7-12-19(20)21)25-18-11-6-5-9-16-23/h7-8,12-15H,2-6,9-11,16-18H2,1H3. The molecule has 0 aromatic heterocycles. The molecule has 2 rings (SSSR count). The Balaban J connectivity index is 1.92. The summed E-state index contributed by atoms with van der Waals surface area (Å²) in [6.45, 7) is 3.76. The van der Waals surface area contributed by atoms with Gasteiger partial charge in [-0.1, -0.05) is 63.3 Å². The maximum absolute atomic E-state index is 6.02. The van der Waals surface area contributed by atoms with Gasteiger partial charge in [0, 0.05) is 16.7 Å². The molecule has 0 aliphatic heterocycles. The molecule has 0 N–H and O–H groups in total. The lowest BCUT2D eigenvalue weighted by Crippen LogP contribution is -2.00. The third kappa shape index (κ3) is 6.78. The molecule has 0 radical (unpaired) electrons. The van der Waals surface area contributed by atoms with Gasteiger partial charge in [-0.2, -0.15) is 0 Å². The topological polar surface area (TPSA) is 18.5 Å². The van der Waals surface area contributed by atoms with Crippen molar-refractivity contribution in [2.45, 2.75) is 58.3 Å². The SMILES string of the molecule is CCCCCCOc1ccc(OCCCCCCCl)c2ccccc12. The van der Waals surface area contributed by atoms with Crippen LogP contribution in [0.4, 0.5) is 0 Å². The van der Waals surface area contributed by atoms with Crippen LogP contribution in [0.3, 0.4) is 0 Å². The third-order valence-corrected chi connectivity index (χ3v) is 4.65. The van der Waals surface area contributed by atoms with Gasteiger partial charge >= 0.3 is 0 Å². The lowest BCUT2D eigenvalue weighted by Gasteiger charge is -2.13. The molecular formula is C22H31ClO2. The van der Waals surface area contributed by atoms with Gasteiger partial charge in [-0.05, 0) is 31.4 Å². The number of hydrogen-bond donors (Lipinski definition) is 0. The van der Waals surface area contributed by atoms with E-state index in [-0.39, 0.29) is 0 Å². The number of halogens is 1. The van der Waals surface area contributed by atoms with Gasteiger partial charge < -0.3 is 9.47 Å². The van der Waals surface area contributed by atoms with Crippen molar-refractivity contribution >= 4 is 22.4 Å². The zero-order valence-corrected chi connectivity index (χ0v) is 16.2. The molecule has 0 spiro atoms. The molecule has 0 aliphatic carbocycles. The second-order valence-electron chi connectivity index (χ2n) is 6.47. The average Bonchev–Trinajstić information content (AvgIpc) is 2.65. The largest absolute Gasteiger partial charge is 0.493 e. The fraction of sp³-hybridized carbons (Fsp3) is 0.545. The smallest absolute Gasteiger partial charge is 0.127 e. The van der Waals surface area contributed by atoms with Gasteiger partial charge in [0.2, 0.25) is 0 Å². The normalized spacial score (nSPS) is 11.0. The zero-order valence-electron chi connectivity index (χ0n) is 15.4. The Labute approximate surface area is 157 Å². The minimum absolute atomic E-state index is 0.753. The average molecular weight is 363 g/mol. The van der Waals surface area contributed by atoms with E-state index in [1.165, 1.54) is 32.1 Å². The van der Waals surface area contributed by atoms with Crippen LogP contribution in [-0.2, 0) is 0 Å². The molecule has 0 heterocycles. The van der Waals surface area contributed by atoms with Crippen LogP contribution in [0.25, 0.3) is 10.8 Å². The number of rotatable bonds is 13. The Morgan fingerprint density at radius 1 is 0.680 bits per heavy atom. The highest BCUT2D eigenvalue weighted by atomic mass is 35.5. The second kappa shape index (κ2) is 12.0. The lowest BCUT2D eigenvalue weighted by atomic mass is 10.1. The number of hydrogen-bond acceptors (Lipinski definition) is 2. The second-order valence-corrected chi connectivity index (χ2v) is 6.85. The van der Waals surface area contributed by atoms with Crippen LogP contribution in [-0.4, -0.2) is 19.1 Å². The van der Waals surface area contributed by atoms with Crippen LogP contribution in [0.1, 0.15) is 58.3 Å². The molecule has 2 nitrogen and oxygen atoms in total. The first kappa shape index (κ1) is 19.9. The van der Waals surface area contributed by atoms with E-state index in [0.717, 1.165) is 60.6 Å². The highest BCUT2D eigenvalue weighted by molar-refractivity contribution is 6.17. The van der Waals surface area contributed by atoms with E-state index in [9.17, 15) is 0 Å². The van der Waals surface area contributed by atoms with E-state index in [0.29, 0.717) is 0 Å². The van der Waals surface area contributed by atoms with E-state index in [2.05, 4.69) is 31.2 Å². The number of benzene rings is 2. The van der Waals surface area contributed by atoms with Crippen LogP contribution in [0.2, 0.25) is 0 Å². The first-order valence-electron chi connectivity index (χ1n) is 9.70. The molecule has 25 heavy (non-hydrogen) atoms. The van der Waals surface area contributed by atoms with E-state index in [1.54, 1.807) is 0 Å². The van der Waals surface area contributed by atoms with E-state index in [1.807, 2.05) is 12.1 Å². The van der Waals surface area contributed by atoms with Gasteiger partial charge in [0.1, 0.15) is 11.5 Å². The first-order valence-corrected chi connectivity index (χ1v) is 10.2. The molecule has 2 aromatic rings. The summed E-state index contributed by atoms with van der Waals surface area (Å²) in [7, 11) is 0. The van der Waals surface area contributed by atoms with Crippen molar-refractivity contribution in [2.75, 3.05) is 19.1 Å². The van der Waals surface area contributed by atoms with Gasteiger partial charge in [0.05, 0.1) is 13.2 Å². The minimum Gasteiger partial charge on any atom is -0.493 e. The number of ether oxygens (including phenoxy) is 2. The van der Waals surface area contributed by atoms with Crippen molar-refractivity contribution in [3.8, 4) is 11.5 Å². The summed E-state index contributed by atoms with van der Waals surface area (Å²) in [5.74, 6) is 2.67. The Morgan fingerprint density at radius 2 is 1.20 bits per heavy atom. The summed E-state index contributed by atoms with van der Waals surface area (Å²) in [5.41, 5.74) is 0. The molecular weight excluding hydrogens is 332 g/mol. The van der Waals surface area contributed by atoms with E-state index >= 15 is 0 Å². The maximum Gasteiger partial charge on any atom is 0.127 e. The van der Waals surface area contributed by atoms with Crippen molar-refractivity contribution < 1.29 is 9.47 Å². The van der Waals surface area contributed by atoms with Crippen LogP contribution >= 0.6 is 11.6 Å². The van der Waals surface area contributed by atoms with Gasteiger partial charge in [-0.3, -0.25) is 0 Å². The third-order valence-electron chi connectivity index (χ3n) is 4.39. The highest BCUT2D eigenvalue weighted by Crippen LogP contribution is 2.33. The van der Waals surface area contributed by atoms with E-state index < -0.39 is 0 Å². The van der Waals surface area contributed by atoms with Gasteiger partial charge in [0.25, 0.3) is 0 Å². The molecule has 0 saturated carbocycles. The predicted molar refractivity (Wildman–Crippen MR) is 108 cm³/mol. The molecule has 0 atom stereocenters. The molecule has 0 amide bonds. The summed E-state index contributed by atoms with van der Waals surface area (Å²) in [5, 5.41) is 2.27. The summed E-state index contributed by atoms with van der Waals surface area (Å²) < 4.78 is 12.0. The highest BCUT2D eigenvalue weighted by Gasteiger charge is 2.07. The zero-order chi connectivity index (χ0) is 17.7. The fourth-order valence-corrected chi connectivity index (χ4v) is 3.13. The predicted octanol–water partition coefficient (Wildman–Crippen LogP) is 6.98. The molecule has 2 aromatic carbocycles. The van der Waals surface area contributed by atoms with Crippen molar-refractivity contribution in [1.82, 2.24) is 0 Å². The first-order chi connectivity index (χ1) is 12.4. The van der Waals surface area contributed by atoms with E-state index in [4.69, 9.17) is 21.1 Å². The monoisotopic (exact) mass is 362 g/mol. The molecule has 0 unspecified atom stereocenters. The molecule has 3 heteroatoms. The summed E-state index contributed by atoms with van der Waals surface area (Å²) in [6.07, 6.45) is 9.39. The number of unbranched alkanes of at least 4 members (excludes halogenated alkanes) is 6. The van der Waals surface area contributed by atoms with Crippen LogP contribution in [0.15, 0.2) is 36.4 Å². The Bertz CT molecular complexity index is 612.